The van der Waals surface area contributed by atoms with E-state index in [1.54, 1.807) is 4.90 Å². The van der Waals surface area contributed by atoms with Crippen LogP contribution in [0.3, 0.4) is 0 Å². The maximum atomic E-state index is 14.3. The largest absolute Gasteiger partial charge is 0.363 e. The Morgan fingerprint density at radius 3 is 2.97 bits per heavy atom. The Hall–Kier alpha value is -3.07. The van der Waals surface area contributed by atoms with E-state index in [0.717, 1.165) is 36.8 Å². The Morgan fingerprint density at radius 1 is 1.32 bits per heavy atom. The summed E-state index contributed by atoms with van der Waals surface area (Å²) in [5.41, 5.74) is 3.10. The number of hydrogen-bond acceptors (Lipinski definition) is 6. The lowest BCUT2D eigenvalue weighted by molar-refractivity contribution is -0.127. The number of benzene rings is 1. The lowest BCUT2D eigenvalue weighted by atomic mass is 10.1. The monoisotopic (exact) mass is 428 g/mol. The Bertz CT molecular complexity index is 969. The highest BCUT2D eigenvalue weighted by Crippen LogP contribution is 2.27. The standard InChI is InChI=1S/C22H26F2N6O/c1-2-20(31)30-8-3-4-18(14-30)26-21-19(24)11-25-22(28-21)27-17-6-5-15-12-29(9-7-23)13-16(15)10-17/h2,5-6,10-11,18H,1,3-4,7-9,12-14H2,(H2,25,26,27,28). The quantitative estimate of drug-likeness (QED) is 0.660. The molecule has 3 heterocycles. The van der Waals surface area contributed by atoms with Crippen molar-refractivity contribution in [1.29, 1.82) is 0 Å². The van der Waals surface area contributed by atoms with Gasteiger partial charge in [0.25, 0.3) is 0 Å². The highest BCUT2D eigenvalue weighted by molar-refractivity contribution is 5.87. The first kappa shape index (κ1) is 21.2. The van der Waals surface area contributed by atoms with Crippen LogP contribution in [-0.2, 0) is 17.9 Å². The Kier molecular flexibility index (Phi) is 6.41. The average Bonchev–Trinajstić information content (AvgIpc) is 3.17. The number of fused-ring (bicyclic) bond motifs is 1. The second-order valence-corrected chi connectivity index (χ2v) is 7.87. The molecule has 0 spiro atoms. The minimum atomic E-state index is -0.548. The number of likely N-dealkylation sites (tertiary alicyclic amines) is 1. The molecule has 2 aliphatic heterocycles. The number of carbonyl (C=O) groups is 1. The van der Waals surface area contributed by atoms with E-state index in [2.05, 4.69) is 32.1 Å². The highest BCUT2D eigenvalue weighted by Gasteiger charge is 2.24. The summed E-state index contributed by atoms with van der Waals surface area (Å²) in [5.74, 6) is -0.296. The number of carbonyl (C=O) groups excluding carboxylic acids is 1. The number of aromatic nitrogens is 2. The first-order valence-electron chi connectivity index (χ1n) is 10.4. The molecule has 1 fully saturated rings. The summed E-state index contributed by atoms with van der Waals surface area (Å²) in [6, 6.07) is 5.81. The summed E-state index contributed by atoms with van der Waals surface area (Å²) >= 11 is 0. The van der Waals surface area contributed by atoms with E-state index in [9.17, 15) is 13.6 Å². The van der Waals surface area contributed by atoms with Crippen molar-refractivity contribution in [3.63, 3.8) is 0 Å². The van der Waals surface area contributed by atoms with Crippen LogP contribution >= 0.6 is 0 Å². The molecule has 0 saturated carbocycles. The molecule has 2 aromatic rings. The summed E-state index contributed by atoms with van der Waals surface area (Å²) < 4.78 is 27.0. The number of halogens is 2. The molecule has 1 aromatic carbocycles. The van der Waals surface area contributed by atoms with Gasteiger partial charge in [0.05, 0.1) is 6.20 Å². The van der Waals surface area contributed by atoms with Crippen molar-refractivity contribution >= 4 is 23.4 Å². The van der Waals surface area contributed by atoms with E-state index in [1.807, 2.05) is 18.2 Å². The molecule has 1 amide bonds. The summed E-state index contributed by atoms with van der Waals surface area (Å²) in [4.78, 5) is 24.0. The van der Waals surface area contributed by atoms with Gasteiger partial charge >= 0.3 is 0 Å². The first-order valence-corrected chi connectivity index (χ1v) is 10.4. The summed E-state index contributed by atoms with van der Waals surface area (Å²) in [6.07, 6.45) is 4.06. The minimum Gasteiger partial charge on any atom is -0.363 e. The predicted molar refractivity (Wildman–Crippen MR) is 115 cm³/mol. The van der Waals surface area contributed by atoms with Crippen molar-refractivity contribution in [2.24, 2.45) is 0 Å². The number of rotatable bonds is 7. The smallest absolute Gasteiger partial charge is 0.246 e. The fraction of sp³-hybridized carbons (Fsp3) is 0.409. The van der Waals surface area contributed by atoms with Crippen LogP contribution in [0.2, 0.25) is 0 Å². The second-order valence-electron chi connectivity index (χ2n) is 7.87. The van der Waals surface area contributed by atoms with Crippen LogP contribution in [0, 0.1) is 5.82 Å². The Balaban J connectivity index is 1.43. The first-order chi connectivity index (χ1) is 15.1. The van der Waals surface area contributed by atoms with E-state index in [0.29, 0.717) is 26.2 Å². The zero-order chi connectivity index (χ0) is 21.8. The van der Waals surface area contributed by atoms with Gasteiger partial charge in [0.1, 0.15) is 6.67 Å². The topological polar surface area (TPSA) is 73.4 Å². The van der Waals surface area contributed by atoms with Crippen LogP contribution in [0.15, 0.2) is 37.1 Å². The molecule has 1 unspecified atom stereocenters. The molecular formula is C22H26F2N6O. The third-order valence-electron chi connectivity index (χ3n) is 5.64. The number of nitrogens with zero attached hydrogens (tertiary/aromatic N) is 4. The third-order valence-corrected chi connectivity index (χ3v) is 5.64. The average molecular weight is 428 g/mol. The molecule has 31 heavy (non-hydrogen) atoms. The Morgan fingerprint density at radius 2 is 2.16 bits per heavy atom. The lowest BCUT2D eigenvalue weighted by Gasteiger charge is -2.32. The van der Waals surface area contributed by atoms with Gasteiger partial charge in [0.2, 0.25) is 11.9 Å². The molecule has 1 aromatic heterocycles. The van der Waals surface area contributed by atoms with Crippen LogP contribution < -0.4 is 10.6 Å². The van der Waals surface area contributed by atoms with Crippen LogP contribution in [0.4, 0.5) is 26.2 Å². The molecule has 9 heteroatoms. The number of hydrogen-bond donors (Lipinski definition) is 2. The molecule has 0 aliphatic carbocycles. The predicted octanol–water partition coefficient (Wildman–Crippen LogP) is 3.23. The van der Waals surface area contributed by atoms with Crippen molar-refractivity contribution in [3.05, 3.63) is 54.0 Å². The van der Waals surface area contributed by atoms with Crippen molar-refractivity contribution in [1.82, 2.24) is 19.8 Å². The minimum absolute atomic E-state index is 0.101. The molecular weight excluding hydrogens is 402 g/mol. The van der Waals surface area contributed by atoms with E-state index < -0.39 is 5.82 Å². The zero-order valence-electron chi connectivity index (χ0n) is 17.3. The number of piperidine rings is 1. The highest BCUT2D eigenvalue weighted by atomic mass is 19.1. The second kappa shape index (κ2) is 9.38. The summed E-state index contributed by atoms with van der Waals surface area (Å²) in [6.45, 7) is 6.17. The summed E-state index contributed by atoms with van der Waals surface area (Å²) in [7, 11) is 0. The van der Waals surface area contributed by atoms with Gasteiger partial charge < -0.3 is 15.5 Å². The molecule has 1 atom stereocenters. The number of amides is 1. The van der Waals surface area contributed by atoms with Gasteiger partial charge in [0, 0.05) is 44.5 Å². The molecule has 7 nitrogen and oxygen atoms in total. The van der Waals surface area contributed by atoms with E-state index in [1.165, 1.54) is 11.6 Å². The SMILES string of the molecule is C=CC(=O)N1CCCC(Nc2nc(Nc3ccc4c(c3)CN(CCF)C4)ncc2F)C1. The number of alkyl halides is 1. The van der Waals surface area contributed by atoms with Crippen molar-refractivity contribution in [3.8, 4) is 0 Å². The van der Waals surface area contributed by atoms with Crippen molar-refractivity contribution in [2.75, 3.05) is 36.9 Å². The molecule has 164 valence electrons. The van der Waals surface area contributed by atoms with Crippen molar-refractivity contribution < 1.29 is 13.6 Å². The fourth-order valence-corrected chi connectivity index (χ4v) is 4.10. The number of anilines is 3. The third kappa shape index (κ3) is 4.99. The van der Waals surface area contributed by atoms with E-state index in [-0.39, 0.29) is 30.4 Å². The van der Waals surface area contributed by atoms with E-state index in [4.69, 9.17) is 0 Å². The van der Waals surface area contributed by atoms with Gasteiger partial charge in [-0.3, -0.25) is 9.69 Å². The molecule has 0 bridgehead atoms. The maximum absolute atomic E-state index is 14.3. The maximum Gasteiger partial charge on any atom is 0.246 e. The van der Waals surface area contributed by atoms with E-state index >= 15 is 0 Å². The molecule has 0 radical (unpaired) electrons. The van der Waals surface area contributed by atoms with Crippen LogP contribution in [0.25, 0.3) is 0 Å². The molecule has 2 aliphatic rings. The fourth-order valence-electron chi connectivity index (χ4n) is 4.10. The molecule has 4 rings (SSSR count). The summed E-state index contributed by atoms with van der Waals surface area (Å²) in [5, 5.41) is 6.23. The normalized spacial score (nSPS) is 18.5. The Labute approximate surface area is 180 Å². The zero-order valence-corrected chi connectivity index (χ0v) is 17.3. The molecule has 2 N–H and O–H groups in total. The van der Waals surface area contributed by atoms with Gasteiger partial charge in [-0.05, 0) is 42.2 Å². The van der Waals surface area contributed by atoms with Gasteiger partial charge in [-0.25, -0.2) is 13.8 Å². The lowest BCUT2D eigenvalue weighted by Crippen LogP contribution is -2.44. The van der Waals surface area contributed by atoms with Gasteiger partial charge in [-0.2, -0.15) is 4.98 Å². The van der Waals surface area contributed by atoms with Gasteiger partial charge in [-0.1, -0.05) is 12.6 Å². The van der Waals surface area contributed by atoms with Gasteiger partial charge in [-0.15, -0.1) is 0 Å². The number of nitrogens with one attached hydrogen (secondary N) is 2. The van der Waals surface area contributed by atoms with Crippen LogP contribution in [0.5, 0.6) is 0 Å². The van der Waals surface area contributed by atoms with Crippen molar-refractivity contribution in [2.45, 2.75) is 32.0 Å². The molecule has 1 saturated heterocycles. The van der Waals surface area contributed by atoms with Gasteiger partial charge in [0.15, 0.2) is 11.6 Å². The van der Waals surface area contributed by atoms with Crippen LogP contribution in [0.1, 0.15) is 24.0 Å². The van der Waals surface area contributed by atoms with Crippen LogP contribution in [-0.4, -0.2) is 58.0 Å².